The summed E-state index contributed by atoms with van der Waals surface area (Å²) in [6.07, 6.45) is -0.246. The van der Waals surface area contributed by atoms with Crippen LogP contribution in [-0.2, 0) is 7.05 Å². The van der Waals surface area contributed by atoms with E-state index in [1.165, 1.54) is 0 Å². The van der Waals surface area contributed by atoms with Crippen LogP contribution in [0.4, 0.5) is 0 Å². The second-order valence-corrected chi connectivity index (χ2v) is 7.49. The molecule has 1 atom stereocenters. The van der Waals surface area contributed by atoms with Gasteiger partial charge in [-0.1, -0.05) is 29.4 Å². The second kappa shape index (κ2) is 9.71. The molecule has 0 N–H and O–H groups in total. The second-order valence-electron chi connectivity index (χ2n) is 5.99. The third-order valence-electron chi connectivity index (χ3n) is 3.98. The molecule has 0 amide bonds. The molecule has 0 saturated carbocycles. The van der Waals surface area contributed by atoms with Crippen molar-refractivity contribution in [2.75, 3.05) is 19.5 Å². The van der Waals surface area contributed by atoms with E-state index in [4.69, 9.17) is 25.8 Å². The normalized spacial score (nSPS) is 11.9. The lowest BCUT2D eigenvalue weighted by Gasteiger charge is -2.14. The average Bonchev–Trinajstić information content (AvgIpc) is 3.07. The molecule has 0 aliphatic heterocycles. The van der Waals surface area contributed by atoms with Gasteiger partial charge in [-0.25, -0.2) is 0 Å². The number of aromatic nitrogens is 3. The van der Waals surface area contributed by atoms with Crippen LogP contribution in [0.1, 0.15) is 18.9 Å². The SMILES string of the molecule is COc1cccc(OC(C)c2nnc(SCCOc3ccc(Cl)cc3)n2C)c1. The predicted molar refractivity (Wildman–Crippen MR) is 111 cm³/mol. The van der Waals surface area contributed by atoms with E-state index < -0.39 is 0 Å². The Kier molecular flexibility index (Phi) is 7.06. The molecule has 1 heterocycles. The summed E-state index contributed by atoms with van der Waals surface area (Å²) >= 11 is 7.45. The molecular weight excluding hydrogens is 398 g/mol. The number of nitrogens with zero attached hydrogens (tertiary/aromatic N) is 3. The Bertz CT molecular complexity index is 902. The summed E-state index contributed by atoms with van der Waals surface area (Å²) in [6, 6.07) is 14.8. The maximum atomic E-state index is 5.98. The van der Waals surface area contributed by atoms with Crippen LogP contribution < -0.4 is 14.2 Å². The van der Waals surface area contributed by atoms with Gasteiger partial charge < -0.3 is 18.8 Å². The minimum atomic E-state index is -0.246. The van der Waals surface area contributed by atoms with Crippen molar-refractivity contribution in [3.63, 3.8) is 0 Å². The summed E-state index contributed by atoms with van der Waals surface area (Å²) in [7, 11) is 3.56. The summed E-state index contributed by atoms with van der Waals surface area (Å²) in [4.78, 5) is 0. The third kappa shape index (κ3) is 5.33. The fraction of sp³-hybridized carbons (Fsp3) is 0.300. The third-order valence-corrected chi connectivity index (χ3v) is 5.22. The molecule has 0 aliphatic carbocycles. The highest BCUT2D eigenvalue weighted by Gasteiger charge is 2.17. The van der Waals surface area contributed by atoms with E-state index in [0.717, 1.165) is 34.0 Å². The highest BCUT2D eigenvalue weighted by atomic mass is 35.5. The zero-order chi connectivity index (χ0) is 19.9. The van der Waals surface area contributed by atoms with Crippen molar-refractivity contribution in [2.24, 2.45) is 7.05 Å². The first-order chi connectivity index (χ1) is 13.6. The molecular formula is C20H22ClN3O3S. The molecule has 0 bridgehead atoms. The molecule has 6 nitrogen and oxygen atoms in total. The van der Waals surface area contributed by atoms with Crippen LogP contribution in [-0.4, -0.2) is 34.2 Å². The molecule has 2 aromatic carbocycles. The quantitative estimate of drug-likeness (QED) is 0.367. The van der Waals surface area contributed by atoms with E-state index in [0.29, 0.717) is 11.6 Å². The van der Waals surface area contributed by atoms with Crippen LogP contribution in [0, 0.1) is 0 Å². The zero-order valence-electron chi connectivity index (χ0n) is 16.0. The Morgan fingerprint density at radius 3 is 2.57 bits per heavy atom. The van der Waals surface area contributed by atoms with E-state index in [-0.39, 0.29) is 6.10 Å². The molecule has 1 unspecified atom stereocenters. The number of thioether (sulfide) groups is 1. The minimum Gasteiger partial charge on any atom is -0.497 e. The molecule has 0 spiro atoms. The lowest BCUT2D eigenvalue weighted by atomic mass is 10.3. The van der Waals surface area contributed by atoms with Crippen LogP contribution in [0.5, 0.6) is 17.2 Å². The van der Waals surface area contributed by atoms with Gasteiger partial charge in [0.1, 0.15) is 17.2 Å². The highest BCUT2D eigenvalue weighted by molar-refractivity contribution is 7.99. The van der Waals surface area contributed by atoms with Crippen molar-refractivity contribution in [1.82, 2.24) is 14.8 Å². The Hall–Kier alpha value is -2.38. The van der Waals surface area contributed by atoms with E-state index in [2.05, 4.69) is 10.2 Å². The predicted octanol–water partition coefficient (Wildman–Crippen LogP) is 4.79. The maximum Gasteiger partial charge on any atom is 0.191 e. The topological polar surface area (TPSA) is 58.4 Å². The molecule has 3 aromatic rings. The fourth-order valence-electron chi connectivity index (χ4n) is 2.56. The smallest absolute Gasteiger partial charge is 0.191 e. The molecule has 0 saturated heterocycles. The molecule has 3 rings (SSSR count). The average molecular weight is 420 g/mol. The summed E-state index contributed by atoms with van der Waals surface area (Å²) < 4.78 is 18.9. The largest absolute Gasteiger partial charge is 0.497 e. The minimum absolute atomic E-state index is 0.246. The van der Waals surface area contributed by atoms with Gasteiger partial charge in [0.05, 0.1) is 13.7 Å². The van der Waals surface area contributed by atoms with Gasteiger partial charge in [-0.3, -0.25) is 0 Å². The molecule has 0 fully saturated rings. The van der Waals surface area contributed by atoms with E-state index in [9.17, 15) is 0 Å². The summed E-state index contributed by atoms with van der Waals surface area (Å²) in [5.74, 6) is 3.77. The molecule has 8 heteroatoms. The summed E-state index contributed by atoms with van der Waals surface area (Å²) in [6.45, 7) is 2.51. The first-order valence-corrected chi connectivity index (χ1v) is 10.1. The van der Waals surface area contributed by atoms with Gasteiger partial charge >= 0.3 is 0 Å². The van der Waals surface area contributed by atoms with Crippen molar-refractivity contribution in [3.8, 4) is 17.2 Å². The van der Waals surface area contributed by atoms with Gasteiger partial charge in [0.15, 0.2) is 17.1 Å². The number of halogens is 1. The molecule has 28 heavy (non-hydrogen) atoms. The zero-order valence-corrected chi connectivity index (χ0v) is 17.5. The lowest BCUT2D eigenvalue weighted by Crippen LogP contribution is -2.10. The maximum absolute atomic E-state index is 5.98. The first kappa shape index (κ1) is 20.4. The van der Waals surface area contributed by atoms with E-state index >= 15 is 0 Å². The molecule has 0 aliphatic rings. The van der Waals surface area contributed by atoms with Crippen molar-refractivity contribution < 1.29 is 14.2 Å². The van der Waals surface area contributed by atoms with Crippen molar-refractivity contribution >= 4 is 23.4 Å². The van der Waals surface area contributed by atoms with Gasteiger partial charge in [-0.2, -0.15) is 0 Å². The van der Waals surface area contributed by atoms with Crippen molar-refractivity contribution in [2.45, 2.75) is 18.2 Å². The van der Waals surface area contributed by atoms with Crippen molar-refractivity contribution in [1.29, 1.82) is 0 Å². The van der Waals surface area contributed by atoms with Gasteiger partial charge in [-0.05, 0) is 43.3 Å². The Balaban J connectivity index is 1.53. The van der Waals surface area contributed by atoms with Crippen LogP contribution in [0.25, 0.3) is 0 Å². The number of methoxy groups -OCH3 is 1. The monoisotopic (exact) mass is 419 g/mol. The molecule has 0 radical (unpaired) electrons. The van der Waals surface area contributed by atoms with E-state index in [1.54, 1.807) is 18.9 Å². The summed E-state index contributed by atoms with van der Waals surface area (Å²) in [5, 5.41) is 10.1. The van der Waals surface area contributed by atoms with Crippen molar-refractivity contribution in [3.05, 3.63) is 59.4 Å². The van der Waals surface area contributed by atoms with Gasteiger partial charge in [-0.15, -0.1) is 10.2 Å². The first-order valence-electron chi connectivity index (χ1n) is 8.78. The van der Waals surface area contributed by atoms with Crippen LogP contribution >= 0.6 is 23.4 Å². The molecule has 148 valence electrons. The Morgan fingerprint density at radius 2 is 1.82 bits per heavy atom. The van der Waals surface area contributed by atoms with Crippen LogP contribution in [0.15, 0.2) is 53.7 Å². The van der Waals surface area contributed by atoms with Gasteiger partial charge in [0.2, 0.25) is 0 Å². The number of hydrogen-bond donors (Lipinski definition) is 0. The number of rotatable bonds is 9. The van der Waals surface area contributed by atoms with Gasteiger partial charge in [0.25, 0.3) is 0 Å². The molecule has 1 aromatic heterocycles. The Morgan fingerprint density at radius 1 is 1.07 bits per heavy atom. The van der Waals surface area contributed by atoms with E-state index in [1.807, 2.05) is 67.1 Å². The lowest BCUT2D eigenvalue weighted by molar-refractivity contribution is 0.210. The van der Waals surface area contributed by atoms with Crippen LogP contribution in [0.3, 0.4) is 0 Å². The number of hydrogen-bond acceptors (Lipinski definition) is 6. The van der Waals surface area contributed by atoms with Gasteiger partial charge in [0, 0.05) is 23.9 Å². The number of ether oxygens (including phenoxy) is 3. The number of benzene rings is 2. The van der Waals surface area contributed by atoms with Crippen LogP contribution in [0.2, 0.25) is 5.02 Å². The highest BCUT2D eigenvalue weighted by Crippen LogP contribution is 2.26. The Labute approximate surface area is 173 Å². The summed E-state index contributed by atoms with van der Waals surface area (Å²) in [5.41, 5.74) is 0. The standard InChI is InChI=1S/C20H22ClN3O3S/c1-14(27-18-6-4-5-17(13-18)25-3)19-22-23-20(24(19)2)28-12-11-26-16-9-7-15(21)8-10-16/h4-10,13-14H,11-12H2,1-3H3. The fourth-order valence-corrected chi connectivity index (χ4v) is 3.42.